The fourth-order valence-corrected chi connectivity index (χ4v) is 2.66. The Labute approximate surface area is 131 Å². The van der Waals surface area contributed by atoms with Crippen LogP contribution >= 0.6 is 0 Å². The molecule has 0 aromatic heterocycles. The van der Waals surface area contributed by atoms with E-state index in [-0.39, 0.29) is 18.6 Å². The first-order valence-corrected chi connectivity index (χ1v) is 7.48. The van der Waals surface area contributed by atoms with Crippen molar-refractivity contribution in [3.05, 3.63) is 70.8 Å². The first-order chi connectivity index (χ1) is 10.5. The van der Waals surface area contributed by atoms with Gasteiger partial charge in [-0.05, 0) is 36.1 Å². The van der Waals surface area contributed by atoms with Gasteiger partial charge in [0.2, 0.25) is 0 Å². The Morgan fingerprint density at radius 1 is 0.818 bits per heavy atom. The van der Waals surface area contributed by atoms with Gasteiger partial charge in [-0.25, -0.2) is 0 Å². The van der Waals surface area contributed by atoms with E-state index in [1.165, 1.54) is 0 Å². The normalized spacial score (nSPS) is 13.6. The topological polar surface area (TPSA) is 57.5 Å². The molecule has 2 aromatic rings. The van der Waals surface area contributed by atoms with Crippen molar-refractivity contribution in [1.82, 2.24) is 0 Å². The summed E-state index contributed by atoms with van der Waals surface area (Å²) in [6, 6.07) is 15.0. The maximum Gasteiger partial charge on any atom is 0.138 e. The van der Waals surface area contributed by atoms with Crippen LogP contribution in [0.25, 0.3) is 0 Å². The number of benzene rings is 2. The summed E-state index contributed by atoms with van der Waals surface area (Å²) in [5.74, 6) is -0.147. The van der Waals surface area contributed by atoms with Gasteiger partial charge < -0.3 is 10.2 Å². The Morgan fingerprint density at radius 2 is 1.18 bits per heavy atom. The molecule has 0 aliphatic rings. The lowest BCUT2D eigenvalue weighted by atomic mass is 9.95. The van der Waals surface area contributed by atoms with Crippen molar-refractivity contribution in [3.63, 3.8) is 0 Å². The second kappa shape index (κ2) is 7.34. The molecule has 0 bridgehead atoms. The molecule has 0 fully saturated rings. The van der Waals surface area contributed by atoms with Crippen LogP contribution in [0.2, 0.25) is 0 Å². The van der Waals surface area contributed by atoms with Gasteiger partial charge in [0.25, 0.3) is 0 Å². The number of aliphatic hydroxyl groups is 2. The molecule has 3 nitrogen and oxygen atoms in total. The van der Waals surface area contributed by atoms with Gasteiger partial charge in [-0.15, -0.1) is 0 Å². The molecule has 0 saturated carbocycles. The average molecular weight is 298 g/mol. The SMILES string of the molecule is Cc1ccccc1C(O)CC(=O)CC(O)c1ccccc1C. The molecule has 0 amide bonds. The second-order valence-electron chi connectivity index (χ2n) is 5.69. The van der Waals surface area contributed by atoms with E-state index in [4.69, 9.17) is 0 Å². The second-order valence-corrected chi connectivity index (χ2v) is 5.69. The summed E-state index contributed by atoms with van der Waals surface area (Å²) in [5, 5.41) is 20.4. The summed E-state index contributed by atoms with van der Waals surface area (Å²) in [4.78, 5) is 12.1. The summed E-state index contributed by atoms with van der Waals surface area (Å²) >= 11 is 0. The quantitative estimate of drug-likeness (QED) is 0.859. The summed E-state index contributed by atoms with van der Waals surface area (Å²) < 4.78 is 0. The maximum absolute atomic E-state index is 12.1. The number of aryl methyl sites for hydroxylation is 2. The molecule has 0 aliphatic carbocycles. The summed E-state index contributed by atoms with van der Waals surface area (Å²) in [7, 11) is 0. The van der Waals surface area contributed by atoms with Crippen LogP contribution in [0.5, 0.6) is 0 Å². The highest BCUT2D eigenvalue weighted by Crippen LogP contribution is 2.25. The highest BCUT2D eigenvalue weighted by molar-refractivity contribution is 5.79. The zero-order valence-corrected chi connectivity index (χ0v) is 13.0. The zero-order valence-electron chi connectivity index (χ0n) is 13.0. The predicted octanol–water partition coefficient (Wildman–Crippen LogP) is 3.42. The number of rotatable bonds is 6. The van der Waals surface area contributed by atoms with Crippen molar-refractivity contribution >= 4 is 5.78 Å². The van der Waals surface area contributed by atoms with Crippen LogP contribution in [0.15, 0.2) is 48.5 Å². The van der Waals surface area contributed by atoms with E-state index in [9.17, 15) is 15.0 Å². The summed E-state index contributed by atoms with van der Waals surface area (Å²) in [5.41, 5.74) is 3.45. The third kappa shape index (κ3) is 4.03. The minimum Gasteiger partial charge on any atom is -0.388 e. The summed E-state index contributed by atoms with van der Waals surface area (Å²) in [6.07, 6.45) is -1.60. The number of carbonyl (C=O) groups is 1. The smallest absolute Gasteiger partial charge is 0.138 e. The Hall–Kier alpha value is -1.97. The van der Waals surface area contributed by atoms with Gasteiger partial charge in [-0.2, -0.15) is 0 Å². The van der Waals surface area contributed by atoms with E-state index in [0.717, 1.165) is 22.3 Å². The van der Waals surface area contributed by atoms with E-state index >= 15 is 0 Å². The lowest BCUT2D eigenvalue weighted by Crippen LogP contribution is -2.12. The average Bonchev–Trinajstić information content (AvgIpc) is 2.47. The molecule has 0 saturated heterocycles. The number of ketones is 1. The number of Topliss-reactive ketones (excluding diaryl/α,β-unsaturated/α-hetero) is 1. The van der Waals surface area contributed by atoms with Gasteiger partial charge in [-0.3, -0.25) is 4.79 Å². The molecule has 116 valence electrons. The summed E-state index contributed by atoms with van der Waals surface area (Å²) in [6.45, 7) is 3.82. The molecular weight excluding hydrogens is 276 g/mol. The van der Waals surface area contributed by atoms with Crippen molar-refractivity contribution in [2.45, 2.75) is 38.9 Å². The van der Waals surface area contributed by atoms with Crippen molar-refractivity contribution in [3.8, 4) is 0 Å². The Balaban J connectivity index is 1.98. The van der Waals surface area contributed by atoms with Crippen LogP contribution in [-0.2, 0) is 4.79 Å². The molecule has 2 atom stereocenters. The molecule has 2 N–H and O–H groups in total. The molecule has 0 aliphatic heterocycles. The number of aliphatic hydroxyl groups excluding tert-OH is 2. The Bertz CT molecular complexity index is 593. The third-order valence-corrected chi connectivity index (χ3v) is 3.94. The van der Waals surface area contributed by atoms with E-state index < -0.39 is 12.2 Å². The predicted molar refractivity (Wildman–Crippen MR) is 86.5 cm³/mol. The molecule has 3 heteroatoms. The molecule has 2 rings (SSSR count). The highest BCUT2D eigenvalue weighted by atomic mass is 16.3. The Morgan fingerprint density at radius 3 is 1.55 bits per heavy atom. The first kappa shape index (κ1) is 16.4. The van der Waals surface area contributed by atoms with Crippen molar-refractivity contribution in [2.24, 2.45) is 0 Å². The van der Waals surface area contributed by atoms with Crippen LogP contribution in [0, 0.1) is 13.8 Å². The van der Waals surface area contributed by atoms with E-state index in [1.54, 1.807) is 0 Å². The van der Waals surface area contributed by atoms with E-state index in [2.05, 4.69) is 0 Å². The molecule has 2 aromatic carbocycles. The maximum atomic E-state index is 12.1. The van der Waals surface area contributed by atoms with Crippen LogP contribution in [0.4, 0.5) is 0 Å². The highest BCUT2D eigenvalue weighted by Gasteiger charge is 2.19. The number of hydrogen-bond acceptors (Lipinski definition) is 3. The number of hydrogen-bond donors (Lipinski definition) is 2. The lowest BCUT2D eigenvalue weighted by molar-refractivity contribution is -0.123. The molecular formula is C19H22O3. The minimum absolute atomic E-state index is 0.0216. The van der Waals surface area contributed by atoms with E-state index in [0.29, 0.717) is 0 Å². The molecule has 0 spiro atoms. The van der Waals surface area contributed by atoms with Crippen LogP contribution in [0.3, 0.4) is 0 Å². The van der Waals surface area contributed by atoms with Crippen LogP contribution in [-0.4, -0.2) is 16.0 Å². The van der Waals surface area contributed by atoms with Crippen molar-refractivity contribution in [1.29, 1.82) is 0 Å². The van der Waals surface area contributed by atoms with Crippen molar-refractivity contribution in [2.75, 3.05) is 0 Å². The minimum atomic E-state index is -0.822. The van der Waals surface area contributed by atoms with Gasteiger partial charge in [0.05, 0.1) is 12.2 Å². The Kier molecular flexibility index (Phi) is 5.47. The fourth-order valence-electron chi connectivity index (χ4n) is 2.66. The zero-order chi connectivity index (χ0) is 16.1. The lowest BCUT2D eigenvalue weighted by Gasteiger charge is -2.16. The van der Waals surface area contributed by atoms with E-state index in [1.807, 2.05) is 62.4 Å². The van der Waals surface area contributed by atoms with Gasteiger partial charge >= 0.3 is 0 Å². The third-order valence-electron chi connectivity index (χ3n) is 3.94. The fraction of sp³-hybridized carbons (Fsp3) is 0.316. The first-order valence-electron chi connectivity index (χ1n) is 7.48. The largest absolute Gasteiger partial charge is 0.388 e. The van der Waals surface area contributed by atoms with Crippen LogP contribution < -0.4 is 0 Å². The van der Waals surface area contributed by atoms with Crippen LogP contribution in [0.1, 0.15) is 47.3 Å². The molecule has 2 unspecified atom stereocenters. The molecule has 0 heterocycles. The van der Waals surface area contributed by atoms with Gasteiger partial charge in [0, 0.05) is 12.8 Å². The monoisotopic (exact) mass is 298 g/mol. The molecule has 0 radical (unpaired) electrons. The van der Waals surface area contributed by atoms with Crippen molar-refractivity contribution < 1.29 is 15.0 Å². The molecule has 22 heavy (non-hydrogen) atoms. The van der Waals surface area contributed by atoms with Gasteiger partial charge in [0.15, 0.2) is 0 Å². The number of carbonyl (C=O) groups excluding carboxylic acids is 1. The van der Waals surface area contributed by atoms with Gasteiger partial charge in [-0.1, -0.05) is 48.5 Å². The standard InChI is InChI=1S/C19H22O3/c1-13-7-3-5-9-16(13)18(21)11-15(20)12-19(22)17-10-6-4-8-14(17)2/h3-10,18-19,21-22H,11-12H2,1-2H3. The van der Waals surface area contributed by atoms with Gasteiger partial charge in [0.1, 0.15) is 5.78 Å².